The van der Waals surface area contributed by atoms with Gasteiger partial charge in [0.15, 0.2) is 0 Å². The lowest BCUT2D eigenvalue weighted by Crippen LogP contribution is -2.25. The van der Waals surface area contributed by atoms with Crippen LogP contribution in [0.15, 0.2) is 24.3 Å². The quantitative estimate of drug-likeness (QED) is 0.0360. The molecule has 0 rings (SSSR count). The van der Waals surface area contributed by atoms with Crippen molar-refractivity contribution in [2.45, 2.75) is 199 Å². The summed E-state index contributed by atoms with van der Waals surface area (Å²) in [4.78, 5) is 23.9. The Morgan fingerprint density at radius 2 is 0.848 bits per heavy atom. The minimum Gasteiger partial charge on any atom is -0.463 e. The molecule has 2 atom stereocenters. The first-order valence-electron chi connectivity index (χ1n) is 19.0. The van der Waals surface area contributed by atoms with Crippen molar-refractivity contribution in [1.29, 1.82) is 0 Å². The zero-order valence-electron chi connectivity index (χ0n) is 29.8. The second kappa shape index (κ2) is 34.6. The van der Waals surface area contributed by atoms with E-state index in [-0.39, 0.29) is 37.4 Å². The van der Waals surface area contributed by atoms with E-state index in [1.54, 1.807) is 0 Å². The summed E-state index contributed by atoms with van der Waals surface area (Å²) < 4.78 is 10.3. The maximum absolute atomic E-state index is 11.9. The Bertz CT molecular complexity index is 676. The fourth-order valence-electron chi connectivity index (χ4n) is 5.29. The highest BCUT2D eigenvalue weighted by Crippen LogP contribution is 2.13. The third kappa shape index (κ3) is 33.7. The summed E-state index contributed by atoms with van der Waals surface area (Å²) in [5, 5.41) is 30.0. The normalized spacial score (nSPS) is 13.2. The molecule has 0 amide bonds. The molecule has 0 saturated heterocycles. The Balaban J connectivity index is 3.54. The van der Waals surface area contributed by atoms with Crippen molar-refractivity contribution in [1.82, 2.24) is 0 Å². The van der Waals surface area contributed by atoms with E-state index in [9.17, 15) is 24.9 Å². The third-order valence-corrected chi connectivity index (χ3v) is 8.31. The van der Waals surface area contributed by atoms with E-state index >= 15 is 0 Å². The fourth-order valence-corrected chi connectivity index (χ4v) is 5.29. The number of esters is 2. The van der Waals surface area contributed by atoms with Crippen molar-refractivity contribution < 1.29 is 34.4 Å². The predicted molar refractivity (Wildman–Crippen MR) is 190 cm³/mol. The van der Waals surface area contributed by atoms with Crippen LogP contribution in [0.5, 0.6) is 0 Å². The first-order chi connectivity index (χ1) is 22.4. The van der Waals surface area contributed by atoms with E-state index in [0.29, 0.717) is 12.8 Å². The van der Waals surface area contributed by atoms with Crippen LogP contribution in [0.4, 0.5) is 0 Å². The SMILES string of the molecule is CCCCCC[C@@H](O)C/C=C\CCCCCCCC(=O)OCC(O)COC(=O)CCCCCCC/C=C\C[C@H](O)CCCCCC. The molecular formula is C39H72O7. The van der Waals surface area contributed by atoms with Gasteiger partial charge in [-0.15, -0.1) is 0 Å². The molecule has 0 aromatic heterocycles. The summed E-state index contributed by atoms with van der Waals surface area (Å²) in [6.07, 6.45) is 32.8. The Labute approximate surface area is 282 Å². The summed E-state index contributed by atoms with van der Waals surface area (Å²) in [6, 6.07) is 0. The minimum atomic E-state index is -1.00. The number of aliphatic hydroxyl groups excluding tert-OH is 3. The van der Waals surface area contributed by atoms with E-state index in [0.717, 1.165) is 116 Å². The standard InChI is InChI=1S/C39H72O7/c1-3-5-7-21-27-35(40)29-23-17-13-9-11-15-19-25-31-38(43)45-33-37(42)34-46-39(44)32-26-20-16-12-10-14-18-24-30-36(41)28-22-8-6-4-2/h17-18,23-24,35-37,40-42H,3-16,19-22,25-34H2,1-2H3/b23-17-,24-18-/t35-,36-/m1/s1. The predicted octanol–water partition coefficient (Wildman–Crippen LogP) is 9.45. The molecule has 0 fully saturated rings. The highest BCUT2D eigenvalue weighted by atomic mass is 16.6. The van der Waals surface area contributed by atoms with Gasteiger partial charge in [-0.2, -0.15) is 0 Å². The number of carbonyl (C=O) groups is 2. The molecule has 0 bridgehead atoms. The van der Waals surface area contributed by atoms with E-state index in [1.807, 2.05) is 0 Å². The van der Waals surface area contributed by atoms with Gasteiger partial charge in [-0.25, -0.2) is 0 Å². The van der Waals surface area contributed by atoms with Crippen LogP contribution in [0.25, 0.3) is 0 Å². The molecule has 46 heavy (non-hydrogen) atoms. The summed E-state index contributed by atoms with van der Waals surface area (Å²) >= 11 is 0. The molecule has 0 aromatic carbocycles. The van der Waals surface area contributed by atoms with Crippen LogP contribution in [0.1, 0.15) is 181 Å². The molecular weight excluding hydrogens is 580 g/mol. The molecule has 0 aliphatic rings. The summed E-state index contributed by atoms with van der Waals surface area (Å²) in [5.41, 5.74) is 0. The van der Waals surface area contributed by atoms with Gasteiger partial charge in [-0.3, -0.25) is 9.59 Å². The third-order valence-electron chi connectivity index (χ3n) is 8.31. The number of allylic oxidation sites excluding steroid dienone is 2. The number of carbonyl (C=O) groups excluding carboxylic acids is 2. The van der Waals surface area contributed by atoms with Gasteiger partial charge in [-0.05, 0) is 64.2 Å². The van der Waals surface area contributed by atoms with Crippen LogP contribution in [-0.2, 0) is 19.1 Å². The fraction of sp³-hybridized carbons (Fsp3) is 0.846. The highest BCUT2D eigenvalue weighted by Gasteiger charge is 2.12. The molecule has 0 aliphatic carbocycles. The van der Waals surface area contributed by atoms with Crippen LogP contribution in [0.2, 0.25) is 0 Å². The van der Waals surface area contributed by atoms with E-state index < -0.39 is 6.10 Å². The van der Waals surface area contributed by atoms with Gasteiger partial charge in [0.2, 0.25) is 0 Å². The molecule has 3 N–H and O–H groups in total. The highest BCUT2D eigenvalue weighted by molar-refractivity contribution is 5.69. The maximum atomic E-state index is 11.9. The second-order valence-corrected chi connectivity index (χ2v) is 13.1. The van der Waals surface area contributed by atoms with Crippen LogP contribution in [-0.4, -0.2) is 58.8 Å². The van der Waals surface area contributed by atoms with Gasteiger partial charge in [0.1, 0.15) is 19.3 Å². The van der Waals surface area contributed by atoms with Crippen molar-refractivity contribution >= 4 is 11.9 Å². The number of aliphatic hydroxyl groups is 3. The largest absolute Gasteiger partial charge is 0.463 e. The lowest BCUT2D eigenvalue weighted by molar-refractivity contribution is -0.152. The van der Waals surface area contributed by atoms with E-state index in [4.69, 9.17) is 9.47 Å². The number of ether oxygens (including phenoxy) is 2. The van der Waals surface area contributed by atoms with Crippen LogP contribution in [0, 0.1) is 0 Å². The van der Waals surface area contributed by atoms with Gasteiger partial charge in [0.05, 0.1) is 12.2 Å². The van der Waals surface area contributed by atoms with Gasteiger partial charge < -0.3 is 24.8 Å². The van der Waals surface area contributed by atoms with Gasteiger partial charge in [0.25, 0.3) is 0 Å². The molecule has 0 aliphatic heterocycles. The molecule has 270 valence electrons. The first kappa shape index (κ1) is 44.3. The number of hydrogen-bond acceptors (Lipinski definition) is 7. The van der Waals surface area contributed by atoms with Crippen LogP contribution < -0.4 is 0 Å². The van der Waals surface area contributed by atoms with Gasteiger partial charge in [0, 0.05) is 12.8 Å². The first-order valence-corrected chi connectivity index (χ1v) is 19.0. The topological polar surface area (TPSA) is 113 Å². The van der Waals surface area contributed by atoms with Gasteiger partial charge >= 0.3 is 11.9 Å². The molecule has 0 unspecified atom stereocenters. The van der Waals surface area contributed by atoms with E-state index in [2.05, 4.69) is 38.2 Å². The molecule has 7 nitrogen and oxygen atoms in total. The van der Waals surface area contributed by atoms with Crippen molar-refractivity contribution in [2.75, 3.05) is 13.2 Å². The maximum Gasteiger partial charge on any atom is 0.305 e. The number of unbranched alkanes of at least 4 members (excludes halogenated alkanes) is 16. The summed E-state index contributed by atoms with van der Waals surface area (Å²) in [5.74, 6) is -0.653. The lowest BCUT2D eigenvalue weighted by atomic mass is 10.1. The van der Waals surface area contributed by atoms with Crippen LogP contribution >= 0.6 is 0 Å². The van der Waals surface area contributed by atoms with Crippen molar-refractivity contribution in [3.05, 3.63) is 24.3 Å². The molecule has 0 radical (unpaired) electrons. The monoisotopic (exact) mass is 653 g/mol. The Hall–Kier alpha value is -1.70. The average molecular weight is 653 g/mol. The van der Waals surface area contributed by atoms with E-state index in [1.165, 1.54) is 38.5 Å². The minimum absolute atomic E-state index is 0.155. The average Bonchev–Trinajstić information content (AvgIpc) is 3.04. The van der Waals surface area contributed by atoms with Crippen LogP contribution in [0.3, 0.4) is 0 Å². The molecule has 7 heteroatoms. The molecule has 0 heterocycles. The number of rotatable bonds is 34. The summed E-state index contributed by atoms with van der Waals surface area (Å²) in [7, 11) is 0. The van der Waals surface area contributed by atoms with Crippen molar-refractivity contribution in [3.8, 4) is 0 Å². The molecule has 0 spiro atoms. The summed E-state index contributed by atoms with van der Waals surface area (Å²) in [6.45, 7) is 4.08. The zero-order chi connectivity index (χ0) is 33.9. The smallest absolute Gasteiger partial charge is 0.305 e. The second-order valence-electron chi connectivity index (χ2n) is 13.1. The number of hydrogen-bond donors (Lipinski definition) is 3. The van der Waals surface area contributed by atoms with Crippen molar-refractivity contribution in [2.24, 2.45) is 0 Å². The molecule has 0 saturated carbocycles. The van der Waals surface area contributed by atoms with Crippen molar-refractivity contribution in [3.63, 3.8) is 0 Å². The van der Waals surface area contributed by atoms with Gasteiger partial charge in [-0.1, -0.05) is 128 Å². The Morgan fingerprint density at radius 3 is 1.26 bits per heavy atom. The zero-order valence-corrected chi connectivity index (χ0v) is 29.8. The lowest BCUT2D eigenvalue weighted by Gasteiger charge is -2.12. The Morgan fingerprint density at radius 1 is 0.478 bits per heavy atom. The molecule has 0 aromatic rings. The Kier molecular flexibility index (Phi) is 33.3.